The summed E-state index contributed by atoms with van der Waals surface area (Å²) in [4.78, 5) is 10.5. The van der Waals surface area contributed by atoms with Crippen LogP contribution in [0.2, 0.25) is 0 Å². The van der Waals surface area contributed by atoms with Crippen LogP contribution in [0.25, 0.3) is 0 Å². The summed E-state index contributed by atoms with van der Waals surface area (Å²) in [7, 11) is 0. The number of carbonyl (C=O) groups excluding carboxylic acids is 1. The Kier molecular flexibility index (Phi) is 2.18. The topological polar surface area (TPSA) is 46.5 Å². The van der Waals surface area contributed by atoms with Gasteiger partial charge in [0.25, 0.3) is 0 Å². The first-order chi connectivity index (χ1) is 5.02. The van der Waals surface area contributed by atoms with E-state index in [0.717, 1.165) is 12.8 Å². The second-order valence-corrected chi connectivity index (χ2v) is 3.35. The molecule has 0 aromatic rings. The molecule has 11 heavy (non-hydrogen) atoms. The van der Waals surface area contributed by atoms with Gasteiger partial charge in [-0.25, -0.2) is 0 Å². The van der Waals surface area contributed by atoms with E-state index in [4.69, 9.17) is 4.74 Å². The first-order valence-corrected chi connectivity index (χ1v) is 3.91. The zero-order valence-electron chi connectivity index (χ0n) is 6.96. The summed E-state index contributed by atoms with van der Waals surface area (Å²) >= 11 is 0. The summed E-state index contributed by atoms with van der Waals surface area (Å²) in [5, 5.41) is 9.42. The number of ether oxygens (including phenoxy) is 1. The predicted octanol–water partition coefficient (Wildman–Crippen LogP) is 0.853. The molecule has 1 N–H and O–H groups in total. The van der Waals surface area contributed by atoms with E-state index in [1.165, 1.54) is 6.92 Å². The third-order valence-corrected chi connectivity index (χ3v) is 1.86. The van der Waals surface area contributed by atoms with Crippen LogP contribution in [-0.2, 0) is 9.53 Å². The van der Waals surface area contributed by atoms with Gasteiger partial charge in [-0.05, 0) is 19.8 Å². The molecule has 0 saturated heterocycles. The highest BCUT2D eigenvalue weighted by molar-refractivity contribution is 5.66. The predicted molar refractivity (Wildman–Crippen MR) is 40.0 cm³/mol. The van der Waals surface area contributed by atoms with Crippen LogP contribution in [0.5, 0.6) is 0 Å². The smallest absolute Gasteiger partial charge is 0.302 e. The van der Waals surface area contributed by atoms with Crippen molar-refractivity contribution < 1.29 is 14.6 Å². The summed E-state index contributed by atoms with van der Waals surface area (Å²) in [6, 6.07) is 0. The minimum Gasteiger partial charge on any atom is -0.463 e. The van der Waals surface area contributed by atoms with Crippen molar-refractivity contribution >= 4 is 5.97 Å². The average Bonchev–Trinajstić information content (AvgIpc) is 2.44. The van der Waals surface area contributed by atoms with E-state index >= 15 is 0 Å². The molecule has 1 unspecified atom stereocenters. The molecule has 0 amide bonds. The molecular weight excluding hydrogens is 144 g/mol. The van der Waals surface area contributed by atoms with Crippen LogP contribution in [0.1, 0.15) is 33.1 Å². The van der Waals surface area contributed by atoms with Gasteiger partial charge >= 0.3 is 5.97 Å². The van der Waals surface area contributed by atoms with Gasteiger partial charge < -0.3 is 9.84 Å². The van der Waals surface area contributed by atoms with Crippen LogP contribution in [0, 0.1) is 0 Å². The fourth-order valence-electron chi connectivity index (χ4n) is 1.21. The van der Waals surface area contributed by atoms with Gasteiger partial charge in [-0.2, -0.15) is 0 Å². The lowest BCUT2D eigenvalue weighted by atomic mass is 10.1. The maximum Gasteiger partial charge on any atom is 0.302 e. The van der Waals surface area contributed by atoms with Gasteiger partial charge in [-0.15, -0.1) is 0 Å². The van der Waals surface area contributed by atoms with Crippen molar-refractivity contribution in [2.24, 2.45) is 0 Å². The minimum absolute atomic E-state index is 0.153. The summed E-state index contributed by atoms with van der Waals surface area (Å²) in [5.74, 6) is -0.276. The first kappa shape index (κ1) is 8.53. The molecule has 0 radical (unpaired) electrons. The molecule has 0 aromatic heterocycles. The number of esters is 1. The van der Waals surface area contributed by atoms with Crippen molar-refractivity contribution in [3.05, 3.63) is 0 Å². The van der Waals surface area contributed by atoms with Crippen LogP contribution >= 0.6 is 0 Å². The van der Waals surface area contributed by atoms with Crippen molar-refractivity contribution in [2.75, 3.05) is 0 Å². The maximum absolute atomic E-state index is 10.5. The third-order valence-electron chi connectivity index (χ3n) is 1.86. The number of rotatable bonds is 3. The molecule has 1 fully saturated rings. The molecule has 1 aliphatic carbocycles. The largest absolute Gasteiger partial charge is 0.463 e. The van der Waals surface area contributed by atoms with Crippen LogP contribution in [0.3, 0.4) is 0 Å². The zero-order chi connectivity index (χ0) is 8.48. The molecule has 0 bridgehead atoms. The Morgan fingerprint density at radius 2 is 2.27 bits per heavy atom. The molecule has 1 aliphatic rings. The van der Waals surface area contributed by atoms with Crippen LogP contribution < -0.4 is 0 Å². The van der Waals surface area contributed by atoms with Gasteiger partial charge in [0, 0.05) is 13.3 Å². The molecule has 0 spiro atoms. The Labute approximate surface area is 66.4 Å². The van der Waals surface area contributed by atoms with Gasteiger partial charge in [-0.3, -0.25) is 4.79 Å². The zero-order valence-corrected chi connectivity index (χ0v) is 6.96. The molecule has 3 heteroatoms. The lowest BCUT2D eigenvalue weighted by molar-refractivity contribution is -0.146. The molecule has 0 aliphatic heterocycles. The Balaban J connectivity index is 2.20. The van der Waals surface area contributed by atoms with E-state index in [1.807, 2.05) is 0 Å². The van der Waals surface area contributed by atoms with Crippen molar-refractivity contribution in [2.45, 2.75) is 44.8 Å². The van der Waals surface area contributed by atoms with Gasteiger partial charge in [0.15, 0.2) is 0 Å². The number of hydrogen-bond donors (Lipinski definition) is 1. The molecule has 3 nitrogen and oxygen atoms in total. The van der Waals surface area contributed by atoms with Crippen molar-refractivity contribution in [1.29, 1.82) is 0 Å². The van der Waals surface area contributed by atoms with Crippen molar-refractivity contribution in [3.63, 3.8) is 0 Å². The molecule has 0 heterocycles. The lowest BCUT2D eigenvalue weighted by Gasteiger charge is -2.14. The fourth-order valence-corrected chi connectivity index (χ4v) is 1.21. The van der Waals surface area contributed by atoms with E-state index in [2.05, 4.69) is 0 Å². The molecule has 1 saturated carbocycles. The summed E-state index contributed by atoms with van der Waals surface area (Å²) < 4.78 is 4.87. The Morgan fingerprint density at radius 3 is 2.64 bits per heavy atom. The van der Waals surface area contributed by atoms with E-state index < -0.39 is 5.60 Å². The van der Waals surface area contributed by atoms with E-state index in [-0.39, 0.29) is 12.1 Å². The summed E-state index contributed by atoms with van der Waals surface area (Å²) in [6.07, 6.45) is 2.11. The number of carbonyl (C=O) groups is 1. The van der Waals surface area contributed by atoms with Crippen LogP contribution in [0.4, 0.5) is 0 Å². The molecule has 64 valence electrons. The van der Waals surface area contributed by atoms with Crippen LogP contribution in [-0.4, -0.2) is 22.8 Å². The second kappa shape index (κ2) is 2.81. The first-order valence-electron chi connectivity index (χ1n) is 3.91. The van der Waals surface area contributed by atoms with Crippen molar-refractivity contribution in [3.8, 4) is 0 Å². The van der Waals surface area contributed by atoms with Gasteiger partial charge in [0.2, 0.25) is 0 Å². The highest BCUT2D eigenvalue weighted by Crippen LogP contribution is 2.39. The van der Waals surface area contributed by atoms with Crippen LogP contribution in [0.15, 0.2) is 0 Å². The van der Waals surface area contributed by atoms with Gasteiger partial charge in [0.1, 0.15) is 6.10 Å². The highest BCUT2D eigenvalue weighted by Gasteiger charge is 2.41. The molecule has 1 atom stereocenters. The molecule has 1 rings (SSSR count). The quantitative estimate of drug-likeness (QED) is 0.619. The van der Waals surface area contributed by atoms with E-state index in [0.29, 0.717) is 6.42 Å². The lowest BCUT2D eigenvalue weighted by Crippen LogP contribution is -2.20. The minimum atomic E-state index is -0.519. The summed E-state index contributed by atoms with van der Waals surface area (Å²) in [5.41, 5.74) is -0.519. The van der Waals surface area contributed by atoms with E-state index in [1.54, 1.807) is 6.92 Å². The van der Waals surface area contributed by atoms with Crippen molar-refractivity contribution in [1.82, 2.24) is 0 Å². The maximum atomic E-state index is 10.5. The fraction of sp³-hybridized carbons (Fsp3) is 0.875. The number of aliphatic hydroxyl groups is 1. The Morgan fingerprint density at radius 1 is 1.73 bits per heavy atom. The number of hydrogen-bond acceptors (Lipinski definition) is 3. The van der Waals surface area contributed by atoms with Gasteiger partial charge in [0.05, 0.1) is 5.60 Å². The molecular formula is C8H14O3. The highest BCUT2D eigenvalue weighted by atomic mass is 16.5. The average molecular weight is 158 g/mol. The Bertz CT molecular complexity index is 161. The van der Waals surface area contributed by atoms with Gasteiger partial charge in [-0.1, -0.05) is 0 Å². The SMILES string of the molecule is CC(=O)OC(C)CC1(O)CC1. The Hall–Kier alpha value is -0.570. The normalized spacial score (nSPS) is 22.5. The standard InChI is InChI=1S/C8H14O3/c1-6(11-7(2)9)5-8(10)3-4-8/h6,10H,3-5H2,1-2H3. The monoisotopic (exact) mass is 158 g/mol. The summed E-state index contributed by atoms with van der Waals surface area (Å²) in [6.45, 7) is 3.19. The second-order valence-electron chi connectivity index (χ2n) is 3.35. The van der Waals surface area contributed by atoms with E-state index in [9.17, 15) is 9.90 Å². The third kappa shape index (κ3) is 2.89. The molecule has 0 aromatic carbocycles.